The fraction of sp³-hybridized carbons (Fsp3) is 0.0556. The number of nitrogens with zero attached hydrogens (tertiary/aromatic N) is 1. The molecule has 1 amide bonds. The molecule has 0 spiro atoms. The second-order valence-electron chi connectivity index (χ2n) is 5.14. The van der Waals surface area contributed by atoms with E-state index in [9.17, 15) is 13.6 Å². The van der Waals surface area contributed by atoms with Crippen LogP contribution in [0.4, 0.5) is 14.5 Å². The van der Waals surface area contributed by atoms with Crippen molar-refractivity contribution in [1.29, 1.82) is 0 Å². The molecule has 116 valence electrons. The van der Waals surface area contributed by atoms with Crippen molar-refractivity contribution in [2.24, 2.45) is 0 Å². The first kappa shape index (κ1) is 15.4. The summed E-state index contributed by atoms with van der Waals surface area (Å²) in [5.74, 6) is -2.70. The van der Waals surface area contributed by atoms with Crippen LogP contribution in [0.1, 0.15) is 10.4 Å². The second-order valence-corrected chi connectivity index (χ2v) is 5.55. The van der Waals surface area contributed by atoms with Crippen LogP contribution < -0.4 is 4.90 Å². The number of amides is 1. The Bertz CT molecular complexity index is 911. The van der Waals surface area contributed by atoms with Crippen LogP contribution in [0.3, 0.4) is 0 Å². The van der Waals surface area contributed by atoms with Crippen molar-refractivity contribution in [1.82, 2.24) is 0 Å². The van der Waals surface area contributed by atoms with Gasteiger partial charge in [0.2, 0.25) is 0 Å². The number of rotatable bonds is 2. The number of benzene rings is 3. The van der Waals surface area contributed by atoms with E-state index in [1.807, 2.05) is 36.4 Å². The summed E-state index contributed by atoms with van der Waals surface area (Å²) in [6.07, 6.45) is 0. The predicted molar refractivity (Wildman–Crippen MR) is 88.0 cm³/mol. The topological polar surface area (TPSA) is 20.3 Å². The zero-order valence-corrected chi connectivity index (χ0v) is 12.9. The minimum atomic E-state index is -1.11. The van der Waals surface area contributed by atoms with Crippen LogP contribution in [-0.4, -0.2) is 13.0 Å². The third-order valence-corrected chi connectivity index (χ3v) is 3.98. The van der Waals surface area contributed by atoms with Crippen molar-refractivity contribution in [3.8, 4) is 0 Å². The summed E-state index contributed by atoms with van der Waals surface area (Å²) in [7, 11) is 1.56. The molecule has 0 saturated carbocycles. The summed E-state index contributed by atoms with van der Waals surface area (Å²) < 4.78 is 26.5. The molecule has 0 aliphatic rings. The van der Waals surface area contributed by atoms with Crippen LogP contribution in [0.15, 0.2) is 54.6 Å². The molecule has 0 aliphatic carbocycles. The molecule has 5 heteroatoms. The zero-order chi connectivity index (χ0) is 16.6. The van der Waals surface area contributed by atoms with Crippen LogP contribution in [0.5, 0.6) is 0 Å². The van der Waals surface area contributed by atoms with Gasteiger partial charge in [0.05, 0.1) is 10.6 Å². The van der Waals surface area contributed by atoms with E-state index in [4.69, 9.17) is 11.6 Å². The molecule has 23 heavy (non-hydrogen) atoms. The molecule has 3 rings (SSSR count). The van der Waals surface area contributed by atoms with E-state index in [1.165, 1.54) is 4.90 Å². The highest BCUT2D eigenvalue weighted by molar-refractivity contribution is 6.34. The number of anilines is 1. The highest BCUT2D eigenvalue weighted by atomic mass is 35.5. The highest BCUT2D eigenvalue weighted by Gasteiger charge is 2.19. The van der Waals surface area contributed by atoms with Gasteiger partial charge < -0.3 is 4.90 Å². The average Bonchev–Trinajstić information content (AvgIpc) is 2.56. The highest BCUT2D eigenvalue weighted by Crippen LogP contribution is 2.26. The summed E-state index contributed by atoms with van der Waals surface area (Å²) in [5, 5.41) is 1.89. The lowest BCUT2D eigenvalue weighted by molar-refractivity contribution is 0.0992. The third-order valence-electron chi connectivity index (χ3n) is 3.67. The lowest BCUT2D eigenvalue weighted by Crippen LogP contribution is -2.26. The molecule has 0 aromatic heterocycles. The molecule has 0 heterocycles. The number of hydrogen-bond donors (Lipinski definition) is 0. The Morgan fingerprint density at radius 1 is 0.957 bits per heavy atom. The quantitative estimate of drug-likeness (QED) is 0.602. The van der Waals surface area contributed by atoms with Crippen LogP contribution in [0, 0.1) is 11.6 Å². The summed E-state index contributed by atoms with van der Waals surface area (Å²) in [6, 6.07) is 14.9. The summed E-state index contributed by atoms with van der Waals surface area (Å²) in [4.78, 5) is 13.9. The second kappa shape index (κ2) is 5.97. The van der Waals surface area contributed by atoms with E-state index in [1.54, 1.807) is 13.1 Å². The molecule has 0 unspecified atom stereocenters. The van der Waals surface area contributed by atoms with Crippen molar-refractivity contribution in [2.75, 3.05) is 11.9 Å². The van der Waals surface area contributed by atoms with Gasteiger partial charge in [0.1, 0.15) is 0 Å². The maximum Gasteiger partial charge on any atom is 0.259 e. The summed E-state index contributed by atoms with van der Waals surface area (Å²) in [5.41, 5.74) is 0.552. The van der Waals surface area contributed by atoms with E-state index in [2.05, 4.69) is 0 Å². The first-order valence-corrected chi connectivity index (χ1v) is 7.26. The smallest absolute Gasteiger partial charge is 0.259 e. The fourth-order valence-corrected chi connectivity index (χ4v) is 2.60. The number of hydrogen-bond acceptors (Lipinski definition) is 1. The van der Waals surface area contributed by atoms with Gasteiger partial charge in [-0.25, -0.2) is 8.78 Å². The van der Waals surface area contributed by atoms with Gasteiger partial charge in [-0.15, -0.1) is 0 Å². The minimum Gasteiger partial charge on any atom is -0.311 e. The molecule has 0 saturated heterocycles. The Hall–Kier alpha value is -2.46. The monoisotopic (exact) mass is 331 g/mol. The lowest BCUT2D eigenvalue weighted by Gasteiger charge is -2.19. The normalized spacial score (nSPS) is 10.8. The van der Waals surface area contributed by atoms with E-state index >= 15 is 0 Å². The summed E-state index contributed by atoms with van der Waals surface area (Å²) >= 11 is 5.87. The Labute approximate surface area is 136 Å². The number of carbonyl (C=O) groups excluding carboxylic acids is 1. The average molecular weight is 332 g/mol. The molecule has 0 aliphatic heterocycles. The minimum absolute atomic E-state index is 0.0822. The van der Waals surface area contributed by atoms with Crippen molar-refractivity contribution < 1.29 is 13.6 Å². The number of fused-ring (bicyclic) bond motifs is 1. The maximum absolute atomic E-state index is 13.4. The standard InChI is InChI=1S/C18H12ClF2NO/c1-22(13-7-6-11-4-2-3-5-12(11)8-13)18(23)14-9-16(20)17(21)10-15(14)19/h2-10H,1H3. The van der Waals surface area contributed by atoms with Gasteiger partial charge in [-0.2, -0.15) is 0 Å². The summed E-state index contributed by atoms with van der Waals surface area (Å²) in [6.45, 7) is 0. The Kier molecular flexibility index (Phi) is 4.01. The Balaban J connectivity index is 1.99. The van der Waals surface area contributed by atoms with Gasteiger partial charge in [-0.1, -0.05) is 41.9 Å². The van der Waals surface area contributed by atoms with Gasteiger partial charge in [0, 0.05) is 12.7 Å². The van der Waals surface area contributed by atoms with Gasteiger partial charge in [-0.05, 0) is 35.0 Å². The molecular formula is C18H12ClF2NO. The molecule has 0 fully saturated rings. The van der Waals surface area contributed by atoms with E-state index in [0.29, 0.717) is 5.69 Å². The Morgan fingerprint density at radius 3 is 2.35 bits per heavy atom. The maximum atomic E-state index is 13.4. The molecule has 0 bridgehead atoms. The Morgan fingerprint density at radius 2 is 1.61 bits per heavy atom. The van der Waals surface area contributed by atoms with Crippen LogP contribution in [0.2, 0.25) is 5.02 Å². The number of halogens is 3. The van der Waals surface area contributed by atoms with Gasteiger partial charge in [0.25, 0.3) is 5.91 Å². The van der Waals surface area contributed by atoms with Crippen molar-refractivity contribution >= 4 is 34.0 Å². The zero-order valence-electron chi connectivity index (χ0n) is 12.2. The fourth-order valence-electron chi connectivity index (χ4n) is 2.37. The molecular weight excluding hydrogens is 320 g/mol. The third kappa shape index (κ3) is 2.90. The first-order valence-electron chi connectivity index (χ1n) is 6.89. The molecule has 0 atom stereocenters. The van der Waals surface area contributed by atoms with Gasteiger partial charge >= 0.3 is 0 Å². The van der Waals surface area contributed by atoms with E-state index < -0.39 is 17.5 Å². The van der Waals surface area contributed by atoms with Crippen LogP contribution in [-0.2, 0) is 0 Å². The molecule has 0 radical (unpaired) electrons. The molecule has 0 N–H and O–H groups in total. The van der Waals surface area contributed by atoms with E-state index in [0.717, 1.165) is 22.9 Å². The lowest BCUT2D eigenvalue weighted by atomic mass is 10.1. The molecule has 3 aromatic carbocycles. The van der Waals surface area contributed by atoms with Crippen molar-refractivity contribution in [3.63, 3.8) is 0 Å². The predicted octanol–water partition coefficient (Wildman–Crippen LogP) is 5.05. The van der Waals surface area contributed by atoms with Crippen molar-refractivity contribution in [2.45, 2.75) is 0 Å². The van der Waals surface area contributed by atoms with Gasteiger partial charge in [0.15, 0.2) is 11.6 Å². The van der Waals surface area contributed by atoms with E-state index in [-0.39, 0.29) is 10.6 Å². The van der Waals surface area contributed by atoms with Crippen molar-refractivity contribution in [3.05, 3.63) is 76.8 Å². The molecule has 3 aromatic rings. The van der Waals surface area contributed by atoms with Gasteiger partial charge in [-0.3, -0.25) is 4.79 Å². The number of carbonyl (C=O) groups is 1. The van der Waals surface area contributed by atoms with Crippen LogP contribution >= 0.6 is 11.6 Å². The SMILES string of the molecule is CN(C(=O)c1cc(F)c(F)cc1Cl)c1ccc2ccccc2c1. The molecule has 2 nitrogen and oxygen atoms in total. The largest absolute Gasteiger partial charge is 0.311 e. The van der Waals surface area contributed by atoms with Crippen LogP contribution in [0.25, 0.3) is 10.8 Å². The first-order chi connectivity index (χ1) is 11.0.